The average molecular weight is 278 g/mol. The molecular weight excluding hydrogens is 254 g/mol. The lowest BCUT2D eigenvalue weighted by Crippen LogP contribution is -2.39. The number of hydrogen-bond acceptors (Lipinski definition) is 2. The first-order chi connectivity index (χ1) is 7.13. The molecule has 0 aliphatic heterocycles. The van der Waals surface area contributed by atoms with Crippen LogP contribution in [0.5, 0.6) is 0 Å². The van der Waals surface area contributed by atoms with Crippen LogP contribution >= 0.6 is 15.9 Å². The SMILES string of the molecule is COC1CCCC(N(C)CCC(C)Br)C1. The summed E-state index contributed by atoms with van der Waals surface area (Å²) in [6, 6.07) is 0.731. The fraction of sp³-hybridized carbons (Fsp3) is 1.00. The molecule has 0 aromatic heterocycles. The molecule has 90 valence electrons. The van der Waals surface area contributed by atoms with Crippen LogP contribution in [0.15, 0.2) is 0 Å². The number of ether oxygens (including phenoxy) is 1. The third-order valence-electron chi connectivity index (χ3n) is 3.43. The molecular formula is C12H24BrNO. The maximum atomic E-state index is 5.46. The summed E-state index contributed by atoms with van der Waals surface area (Å²) >= 11 is 3.60. The Morgan fingerprint density at radius 3 is 2.80 bits per heavy atom. The highest BCUT2D eigenvalue weighted by Gasteiger charge is 2.24. The molecule has 3 atom stereocenters. The van der Waals surface area contributed by atoms with E-state index in [2.05, 4.69) is 34.8 Å². The third kappa shape index (κ3) is 4.83. The van der Waals surface area contributed by atoms with Gasteiger partial charge in [-0.25, -0.2) is 0 Å². The van der Waals surface area contributed by atoms with Crippen LogP contribution in [0.4, 0.5) is 0 Å². The van der Waals surface area contributed by atoms with Gasteiger partial charge in [-0.2, -0.15) is 0 Å². The summed E-state index contributed by atoms with van der Waals surface area (Å²) in [6.45, 7) is 3.40. The first kappa shape index (κ1) is 13.5. The van der Waals surface area contributed by atoms with Crippen LogP contribution in [0, 0.1) is 0 Å². The van der Waals surface area contributed by atoms with Crippen LogP contribution in [-0.2, 0) is 4.74 Å². The van der Waals surface area contributed by atoms with Gasteiger partial charge < -0.3 is 9.64 Å². The van der Waals surface area contributed by atoms with Crippen LogP contribution in [0.25, 0.3) is 0 Å². The van der Waals surface area contributed by atoms with Gasteiger partial charge in [-0.05, 0) is 45.7 Å². The minimum absolute atomic E-state index is 0.493. The molecule has 0 bridgehead atoms. The van der Waals surface area contributed by atoms with Gasteiger partial charge in [-0.1, -0.05) is 22.9 Å². The molecule has 1 aliphatic carbocycles. The van der Waals surface area contributed by atoms with Gasteiger partial charge in [0.25, 0.3) is 0 Å². The molecule has 1 aliphatic rings. The molecule has 15 heavy (non-hydrogen) atoms. The maximum absolute atomic E-state index is 5.46. The van der Waals surface area contributed by atoms with E-state index in [4.69, 9.17) is 4.74 Å². The Morgan fingerprint density at radius 2 is 2.20 bits per heavy atom. The minimum Gasteiger partial charge on any atom is -0.381 e. The molecule has 1 rings (SSSR count). The maximum Gasteiger partial charge on any atom is 0.0586 e. The monoisotopic (exact) mass is 277 g/mol. The average Bonchev–Trinajstić information content (AvgIpc) is 2.26. The molecule has 0 spiro atoms. The minimum atomic E-state index is 0.493. The van der Waals surface area contributed by atoms with Crippen molar-refractivity contribution in [3.05, 3.63) is 0 Å². The Hall–Kier alpha value is 0.400. The van der Waals surface area contributed by atoms with E-state index in [1.165, 1.54) is 38.6 Å². The number of nitrogens with zero attached hydrogens (tertiary/aromatic N) is 1. The van der Waals surface area contributed by atoms with E-state index in [0.717, 1.165) is 6.04 Å². The van der Waals surface area contributed by atoms with E-state index in [1.807, 2.05) is 7.11 Å². The smallest absolute Gasteiger partial charge is 0.0586 e. The van der Waals surface area contributed by atoms with E-state index in [9.17, 15) is 0 Å². The van der Waals surface area contributed by atoms with E-state index in [0.29, 0.717) is 10.9 Å². The lowest BCUT2D eigenvalue weighted by Gasteiger charge is -2.35. The molecule has 0 aromatic carbocycles. The van der Waals surface area contributed by atoms with E-state index >= 15 is 0 Å². The Kier molecular flexibility index (Phi) is 6.17. The normalized spacial score (nSPS) is 29.4. The number of rotatable bonds is 5. The van der Waals surface area contributed by atoms with Gasteiger partial charge in [0.2, 0.25) is 0 Å². The van der Waals surface area contributed by atoms with Gasteiger partial charge in [0.05, 0.1) is 6.10 Å². The lowest BCUT2D eigenvalue weighted by molar-refractivity contribution is 0.0345. The van der Waals surface area contributed by atoms with E-state index in [1.54, 1.807) is 0 Å². The molecule has 0 radical (unpaired) electrons. The number of halogens is 1. The Balaban J connectivity index is 2.28. The van der Waals surface area contributed by atoms with Crippen molar-refractivity contribution in [2.45, 2.75) is 56.0 Å². The zero-order valence-electron chi connectivity index (χ0n) is 10.2. The van der Waals surface area contributed by atoms with Crippen molar-refractivity contribution in [2.24, 2.45) is 0 Å². The summed E-state index contributed by atoms with van der Waals surface area (Å²) in [4.78, 5) is 3.13. The zero-order valence-corrected chi connectivity index (χ0v) is 11.8. The topological polar surface area (TPSA) is 12.5 Å². The summed E-state index contributed by atoms with van der Waals surface area (Å²) in [7, 11) is 4.09. The van der Waals surface area contributed by atoms with Crippen molar-refractivity contribution in [1.29, 1.82) is 0 Å². The van der Waals surface area contributed by atoms with Gasteiger partial charge in [-0.15, -0.1) is 0 Å². The molecule has 0 aromatic rings. The fourth-order valence-electron chi connectivity index (χ4n) is 2.30. The van der Waals surface area contributed by atoms with Crippen molar-refractivity contribution in [1.82, 2.24) is 4.90 Å². The molecule has 2 nitrogen and oxygen atoms in total. The second kappa shape index (κ2) is 6.87. The molecule has 0 N–H and O–H groups in total. The predicted molar refractivity (Wildman–Crippen MR) is 68.7 cm³/mol. The summed E-state index contributed by atoms with van der Waals surface area (Å²) < 4.78 is 5.46. The van der Waals surface area contributed by atoms with Gasteiger partial charge in [0.15, 0.2) is 0 Å². The van der Waals surface area contributed by atoms with Crippen molar-refractivity contribution in [2.75, 3.05) is 20.7 Å². The first-order valence-electron chi connectivity index (χ1n) is 6.00. The molecule has 3 heteroatoms. The Bertz CT molecular complexity index is 175. The molecule has 1 saturated carbocycles. The third-order valence-corrected chi connectivity index (χ3v) is 3.89. The summed E-state index contributed by atoms with van der Waals surface area (Å²) in [5.74, 6) is 0. The quantitative estimate of drug-likeness (QED) is 0.717. The lowest BCUT2D eigenvalue weighted by atomic mass is 9.92. The predicted octanol–water partition coefficient (Wildman–Crippen LogP) is 3.05. The summed E-state index contributed by atoms with van der Waals surface area (Å²) in [5, 5.41) is 0. The van der Waals surface area contributed by atoms with Crippen LogP contribution in [0.1, 0.15) is 39.0 Å². The van der Waals surface area contributed by atoms with Crippen LogP contribution in [0.3, 0.4) is 0 Å². The van der Waals surface area contributed by atoms with E-state index in [-0.39, 0.29) is 0 Å². The molecule has 0 saturated heterocycles. The second-order valence-electron chi connectivity index (χ2n) is 4.73. The number of hydrogen-bond donors (Lipinski definition) is 0. The molecule has 0 amide bonds. The molecule has 3 unspecified atom stereocenters. The highest BCUT2D eigenvalue weighted by molar-refractivity contribution is 9.09. The van der Waals surface area contributed by atoms with Crippen LogP contribution in [0.2, 0.25) is 0 Å². The standard InChI is InChI=1S/C12H24BrNO/c1-10(13)7-8-14(2)11-5-4-6-12(9-11)15-3/h10-12H,4-9H2,1-3H3. The van der Waals surface area contributed by atoms with E-state index < -0.39 is 0 Å². The van der Waals surface area contributed by atoms with Crippen molar-refractivity contribution in [3.8, 4) is 0 Å². The van der Waals surface area contributed by atoms with Crippen molar-refractivity contribution < 1.29 is 4.74 Å². The summed E-state index contributed by atoms with van der Waals surface area (Å²) in [5.41, 5.74) is 0. The molecule has 0 heterocycles. The number of methoxy groups -OCH3 is 1. The van der Waals surface area contributed by atoms with Crippen molar-refractivity contribution in [3.63, 3.8) is 0 Å². The first-order valence-corrected chi connectivity index (χ1v) is 6.92. The highest BCUT2D eigenvalue weighted by Crippen LogP contribution is 2.24. The summed E-state index contributed by atoms with van der Waals surface area (Å²) in [6.07, 6.45) is 6.83. The van der Waals surface area contributed by atoms with Gasteiger partial charge in [0.1, 0.15) is 0 Å². The Morgan fingerprint density at radius 1 is 1.47 bits per heavy atom. The zero-order chi connectivity index (χ0) is 11.3. The van der Waals surface area contributed by atoms with Gasteiger partial charge in [0, 0.05) is 18.0 Å². The van der Waals surface area contributed by atoms with Gasteiger partial charge in [-0.3, -0.25) is 0 Å². The highest BCUT2D eigenvalue weighted by atomic mass is 79.9. The van der Waals surface area contributed by atoms with Gasteiger partial charge >= 0.3 is 0 Å². The van der Waals surface area contributed by atoms with Crippen LogP contribution < -0.4 is 0 Å². The largest absolute Gasteiger partial charge is 0.381 e. The number of alkyl halides is 1. The van der Waals surface area contributed by atoms with Crippen molar-refractivity contribution >= 4 is 15.9 Å². The fourth-order valence-corrected chi connectivity index (χ4v) is 2.50. The van der Waals surface area contributed by atoms with Crippen LogP contribution in [-0.4, -0.2) is 42.6 Å². The second-order valence-corrected chi connectivity index (χ2v) is 6.29. The molecule has 1 fully saturated rings. The Labute approximate surface area is 102 Å².